The first kappa shape index (κ1) is 14.3. The summed E-state index contributed by atoms with van der Waals surface area (Å²) in [6.07, 6.45) is 3.21. The van der Waals surface area contributed by atoms with Gasteiger partial charge in [-0.25, -0.2) is 4.79 Å². The van der Waals surface area contributed by atoms with E-state index in [1.54, 1.807) is 0 Å². The number of rotatable bonds is 5. The van der Waals surface area contributed by atoms with Crippen molar-refractivity contribution in [1.82, 2.24) is 10.2 Å². The van der Waals surface area contributed by atoms with Crippen LogP contribution in [0.1, 0.15) is 40.0 Å². The van der Waals surface area contributed by atoms with E-state index in [2.05, 4.69) is 26.1 Å². The maximum Gasteiger partial charge on any atom is 0.409 e. The van der Waals surface area contributed by atoms with Gasteiger partial charge in [0.05, 0.1) is 6.61 Å². The summed E-state index contributed by atoms with van der Waals surface area (Å²) in [5, 5.41) is 3.47. The number of piperidine rings is 1. The number of carbonyl (C=O) groups excluding carboxylic acids is 1. The van der Waals surface area contributed by atoms with Crippen molar-refractivity contribution in [2.24, 2.45) is 5.92 Å². The summed E-state index contributed by atoms with van der Waals surface area (Å²) in [5.41, 5.74) is 0. The van der Waals surface area contributed by atoms with Gasteiger partial charge in [0.25, 0.3) is 0 Å². The average Bonchev–Trinajstić information content (AvgIpc) is 2.33. The first-order chi connectivity index (χ1) is 8.13. The maximum absolute atomic E-state index is 11.8. The number of hydrogen-bond donors (Lipinski definition) is 1. The van der Waals surface area contributed by atoms with Gasteiger partial charge in [-0.1, -0.05) is 20.8 Å². The molecule has 0 aromatic heterocycles. The molecule has 0 aromatic carbocycles. The summed E-state index contributed by atoms with van der Waals surface area (Å²) < 4.78 is 5.25. The number of likely N-dealkylation sites (tertiary alicyclic amines) is 1. The lowest BCUT2D eigenvalue weighted by Crippen LogP contribution is -2.48. The van der Waals surface area contributed by atoms with Crippen molar-refractivity contribution in [2.75, 3.05) is 26.2 Å². The second-order valence-electron chi connectivity index (χ2n) is 5.21. The third-order valence-electron chi connectivity index (χ3n) is 2.90. The molecule has 100 valence electrons. The van der Waals surface area contributed by atoms with Crippen molar-refractivity contribution >= 4 is 6.09 Å². The number of amides is 1. The van der Waals surface area contributed by atoms with E-state index in [1.165, 1.54) is 0 Å². The number of nitrogens with zero attached hydrogens (tertiary/aromatic N) is 1. The van der Waals surface area contributed by atoms with E-state index in [-0.39, 0.29) is 6.09 Å². The molecular weight excluding hydrogens is 216 g/mol. The third kappa shape index (κ3) is 5.39. The Kier molecular flexibility index (Phi) is 6.34. The Morgan fingerprint density at radius 1 is 1.53 bits per heavy atom. The largest absolute Gasteiger partial charge is 0.449 e. The molecular formula is C13H26N2O2. The molecule has 1 heterocycles. The summed E-state index contributed by atoms with van der Waals surface area (Å²) in [6, 6.07) is 0.440. The van der Waals surface area contributed by atoms with E-state index in [4.69, 9.17) is 4.74 Å². The van der Waals surface area contributed by atoms with Crippen LogP contribution in [0.4, 0.5) is 4.79 Å². The van der Waals surface area contributed by atoms with Crippen molar-refractivity contribution in [1.29, 1.82) is 0 Å². The van der Waals surface area contributed by atoms with Crippen molar-refractivity contribution in [3.8, 4) is 0 Å². The van der Waals surface area contributed by atoms with Crippen LogP contribution >= 0.6 is 0 Å². The highest BCUT2D eigenvalue weighted by atomic mass is 16.6. The molecule has 1 N–H and O–H groups in total. The van der Waals surface area contributed by atoms with Crippen molar-refractivity contribution in [2.45, 2.75) is 46.1 Å². The molecule has 0 bridgehead atoms. The minimum atomic E-state index is -0.151. The number of hydrogen-bond acceptors (Lipinski definition) is 3. The molecule has 4 heteroatoms. The van der Waals surface area contributed by atoms with Gasteiger partial charge in [-0.05, 0) is 31.7 Å². The molecule has 1 amide bonds. The highest BCUT2D eigenvalue weighted by molar-refractivity contribution is 5.67. The van der Waals surface area contributed by atoms with Gasteiger partial charge in [0.2, 0.25) is 0 Å². The number of carbonyl (C=O) groups is 1. The average molecular weight is 242 g/mol. The van der Waals surface area contributed by atoms with Gasteiger partial charge in [-0.3, -0.25) is 0 Å². The van der Waals surface area contributed by atoms with Crippen LogP contribution in [-0.4, -0.2) is 43.3 Å². The van der Waals surface area contributed by atoms with Crippen LogP contribution in [0.25, 0.3) is 0 Å². The SMILES string of the molecule is CCCNC1CCCN(C(=O)OCC(C)C)C1. The number of ether oxygens (including phenoxy) is 1. The van der Waals surface area contributed by atoms with Crippen molar-refractivity contribution in [3.05, 3.63) is 0 Å². The maximum atomic E-state index is 11.8. The van der Waals surface area contributed by atoms with Gasteiger partial charge in [-0.15, -0.1) is 0 Å². The van der Waals surface area contributed by atoms with E-state index >= 15 is 0 Å². The highest BCUT2D eigenvalue weighted by Crippen LogP contribution is 2.11. The molecule has 1 aliphatic heterocycles. The Hall–Kier alpha value is -0.770. The summed E-state index contributed by atoms with van der Waals surface area (Å²) >= 11 is 0. The highest BCUT2D eigenvalue weighted by Gasteiger charge is 2.24. The fourth-order valence-electron chi connectivity index (χ4n) is 1.99. The molecule has 0 saturated carbocycles. The van der Waals surface area contributed by atoms with E-state index in [9.17, 15) is 4.79 Å². The van der Waals surface area contributed by atoms with Crippen LogP contribution in [-0.2, 0) is 4.74 Å². The van der Waals surface area contributed by atoms with Gasteiger partial charge in [0, 0.05) is 19.1 Å². The van der Waals surface area contributed by atoms with Gasteiger partial charge >= 0.3 is 6.09 Å². The second-order valence-corrected chi connectivity index (χ2v) is 5.21. The van der Waals surface area contributed by atoms with E-state index in [0.29, 0.717) is 18.6 Å². The molecule has 4 nitrogen and oxygen atoms in total. The van der Waals surface area contributed by atoms with Gasteiger partial charge in [0.1, 0.15) is 0 Å². The standard InChI is InChI=1S/C13H26N2O2/c1-4-7-14-12-6-5-8-15(9-12)13(16)17-10-11(2)3/h11-12,14H,4-10H2,1-3H3. The topological polar surface area (TPSA) is 41.6 Å². The molecule has 1 rings (SSSR count). The summed E-state index contributed by atoms with van der Waals surface area (Å²) in [7, 11) is 0. The Morgan fingerprint density at radius 2 is 2.29 bits per heavy atom. The van der Waals surface area contributed by atoms with Crippen LogP contribution in [0.15, 0.2) is 0 Å². The molecule has 0 aromatic rings. The minimum absolute atomic E-state index is 0.151. The van der Waals surface area contributed by atoms with Crippen LogP contribution in [0.3, 0.4) is 0 Å². The zero-order valence-electron chi connectivity index (χ0n) is 11.4. The lowest BCUT2D eigenvalue weighted by Gasteiger charge is -2.32. The summed E-state index contributed by atoms with van der Waals surface area (Å²) in [6.45, 7) is 9.43. The predicted octanol–water partition coefficient (Wildman–Crippen LogP) is 2.24. The second kappa shape index (κ2) is 7.54. The Balaban J connectivity index is 2.30. The lowest BCUT2D eigenvalue weighted by molar-refractivity contribution is 0.0800. The Morgan fingerprint density at radius 3 is 2.94 bits per heavy atom. The fraction of sp³-hybridized carbons (Fsp3) is 0.923. The zero-order chi connectivity index (χ0) is 12.7. The molecule has 1 unspecified atom stereocenters. The lowest BCUT2D eigenvalue weighted by atomic mass is 10.1. The van der Waals surface area contributed by atoms with Crippen molar-refractivity contribution < 1.29 is 9.53 Å². The molecule has 1 atom stereocenters. The molecule has 1 fully saturated rings. The first-order valence-electron chi connectivity index (χ1n) is 6.78. The molecule has 0 radical (unpaired) electrons. The predicted molar refractivity (Wildman–Crippen MR) is 69.1 cm³/mol. The van der Waals surface area contributed by atoms with Crippen LogP contribution < -0.4 is 5.32 Å². The van der Waals surface area contributed by atoms with Gasteiger partial charge < -0.3 is 15.0 Å². The molecule has 0 aliphatic carbocycles. The van der Waals surface area contributed by atoms with Crippen molar-refractivity contribution in [3.63, 3.8) is 0 Å². The van der Waals surface area contributed by atoms with Crippen LogP contribution in [0.2, 0.25) is 0 Å². The fourth-order valence-corrected chi connectivity index (χ4v) is 1.99. The van der Waals surface area contributed by atoms with E-state index < -0.39 is 0 Å². The van der Waals surface area contributed by atoms with Gasteiger partial charge in [0.15, 0.2) is 0 Å². The molecule has 1 saturated heterocycles. The Bertz CT molecular complexity index is 231. The smallest absolute Gasteiger partial charge is 0.409 e. The molecule has 0 spiro atoms. The third-order valence-corrected chi connectivity index (χ3v) is 2.90. The van der Waals surface area contributed by atoms with Crippen LogP contribution in [0.5, 0.6) is 0 Å². The molecule has 1 aliphatic rings. The minimum Gasteiger partial charge on any atom is -0.449 e. The zero-order valence-corrected chi connectivity index (χ0v) is 11.4. The summed E-state index contributed by atoms with van der Waals surface area (Å²) in [5.74, 6) is 0.401. The summed E-state index contributed by atoms with van der Waals surface area (Å²) in [4.78, 5) is 13.6. The van der Waals surface area contributed by atoms with Crippen LogP contribution in [0, 0.1) is 5.92 Å². The van der Waals surface area contributed by atoms with E-state index in [1.807, 2.05) is 4.90 Å². The quantitative estimate of drug-likeness (QED) is 0.804. The number of nitrogens with one attached hydrogen (secondary N) is 1. The molecule has 17 heavy (non-hydrogen) atoms. The monoisotopic (exact) mass is 242 g/mol. The normalized spacial score (nSPS) is 20.7. The van der Waals surface area contributed by atoms with E-state index in [0.717, 1.165) is 38.9 Å². The first-order valence-corrected chi connectivity index (χ1v) is 6.78. The van der Waals surface area contributed by atoms with Gasteiger partial charge in [-0.2, -0.15) is 0 Å². The Labute approximate surface area is 105 Å².